The summed E-state index contributed by atoms with van der Waals surface area (Å²) in [6.45, 7) is 5.57. The molecule has 0 atom stereocenters. The van der Waals surface area contributed by atoms with Crippen LogP contribution in [0.4, 0.5) is 0 Å². The van der Waals surface area contributed by atoms with Gasteiger partial charge in [-0.2, -0.15) is 0 Å². The summed E-state index contributed by atoms with van der Waals surface area (Å²) >= 11 is 0. The monoisotopic (exact) mass is 468 g/mol. The van der Waals surface area contributed by atoms with E-state index in [1.807, 2.05) is 0 Å². The predicted octanol–water partition coefficient (Wildman–Crippen LogP) is -2.93. The summed E-state index contributed by atoms with van der Waals surface area (Å²) in [7, 11) is 0. The maximum Gasteiger partial charge on any atom is 2.00 e. The van der Waals surface area contributed by atoms with Crippen LogP contribution >= 0.6 is 12.4 Å². The molecule has 0 rings (SSSR count). The van der Waals surface area contributed by atoms with Crippen molar-refractivity contribution in [3.63, 3.8) is 0 Å². The van der Waals surface area contributed by atoms with E-state index < -0.39 is 0 Å². The minimum absolute atomic E-state index is 0. The van der Waals surface area contributed by atoms with Crippen molar-refractivity contribution in [1.82, 2.24) is 10.6 Å². The largest absolute Gasteiger partial charge is 2.00 e. The van der Waals surface area contributed by atoms with Crippen molar-refractivity contribution in [2.75, 3.05) is 39.3 Å². The van der Waals surface area contributed by atoms with Gasteiger partial charge in [0.1, 0.15) is 0 Å². The molecular weight excluding hydrogens is 442 g/mol. The Balaban J connectivity index is -0.000000282. The van der Waals surface area contributed by atoms with Crippen LogP contribution in [0.3, 0.4) is 0 Å². The molecule has 0 aliphatic rings. The molecule has 0 bridgehead atoms. The molecule has 110 valence electrons. The number of hydrogen-bond donors (Lipinski definition) is 4. The van der Waals surface area contributed by atoms with Crippen LogP contribution in [0.15, 0.2) is 0 Å². The Labute approximate surface area is 132 Å². The van der Waals surface area contributed by atoms with Crippen molar-refractivity contribution in [3.05, 3.63) is 0 Å². The standard InChI is InChI=1S/C10H26N4.2ClH.Pt/c11-5-9-13-7-3-1-2-4-8-14-10-6-12;;;/h13-14H,1-12H2;2*1H;/q;;;+2/p-1. The van der Waals surface area contributed by atoms with Gasteiger partial charge >= 0.3 is 21.1 Å². The minimum atomic E-state index is 0. The molecule has 0 aliphatic carbocycles. The van der Waals surface area contributed by atoms with E-state index in [9.17, 15) is 0 Å². The third kappa shape index (κ3) is 26.6. The summed E-state index contributed by atoms with van der Waals surface area (Å²) in [4.78, 5) is 0. The van der Waals surface area contributed by atoms with Crippen LogP contribution in [0, 0.1) is 0 Å². The van der Waals surface area contributed by atoms with E-state index in [0.29, 0.717) is 0 Å². The Morgan fingerprint density at radius 3 is 1.29 bits per heavy atom. The SMILES string of the molecule is Cl.NCCNCCCCCCNCCN.[Cl-].[Pt+2]. The Hall–Kier alpha value is 1.11. The fraction of sp³-hybridized carbons (Fsp3) is 1.00. The van der Waals surface area contributed by atoms with Gasteiger partial charge in [0.15, 0.2) is 0 Å². The third-order valence-electron chi connectivity index (χ3n) is 2.10. The van der Waals surface area contributed by atoms with Crippen LogP contribution < -0.4 is 34.5 Å². The van der Waals surface area contributed by atoms with E-state index in [-0.39, 0.29) is 45.9 Å². The smallest absolute Gasteiger partial charge is 1.00 e. The Kier molecular flexibility index (Phi) is 40.5. The number of nitrogens with one attached hydrogen (secondary N) is 2. The van der Waals surface area contributed by atoms with E-state index in [1.54, 1.807) is 0 Å². The molecule has 0 unspecified atom stereocenters. The number of rotatable bonds is 11. The molecule has 0 radical (unpaired) electrons. The first kappa shape index (κ1) is 26.6. The molecule has 0 aromatic rings. The maximum atomic E-state index is 5.36. The minimum Gasteiger partial charge on any atom is -1.00 e. The number of halogens is 2. The van der Waals surface area contributed by atoms with Crippen molar-refractivity contribution < 1.29 is 33.5 Å². The predicted molar refractivity (Wildman–Crippen MR) is 69.6 cm³/mol. The number of unbranched alkanes of at least 4 members (excludes halogenated alkanes) is 3. The van der Waals surface area contributed by atoms with Gasteiger partial charge < -0.3 is 34.5 Å². The first-order valence-electron chi connectivity index (χ1n) is 5.73. The van der Waals surface area contributed by atoms with Gasteiger partial charge in [0.25, 0.3) is 0 Å². The number of hydrogen-bond acceptors (Lipinski definition) is 4. The zero-order valence-electron chi connectivity index (χ0n) is 10.3. The van der Waals surface area contributed by atoms with Crippen LogP contribution in [0.2, 0.25) is 0 Å². The molecule has 0 heterocycles. The summed E-state index contributed by atoms with van der Waals surface area (Å²) in [6.07, 6.45) is 5.14. The van der Waals surface area contributed by atoms with Gasteiger partial charge in [0.2, 0.25) is 0 Å². The van der Waals surface area contributed by atoms with Crippen LogP contribution in [0.5, 0.6) is 0 Å². The fourth-order valence-corrected chi connectivity index (χ4v) is 1.31. The maximum absolute atomic E-state index is 5.36. The second kappa shape index (κ2) is 25.8. The van der Waals surface area contributed by atoms with Gasteiger partial charge in [-0.15, -0.1) is 12.4 Å². The molecular formula is C10H27Cl2N4Pt+. The Morgan fingerprint density at radius 1 is 0.647 bits per heavy atom. The van der Waals surface area contributed by atoms with E-state index in [4.69, 9.17) is 11.5 Å². The zero-order chi connectivity index (χ0) is 10.5. The van der Waals surface area contributed by atoms with Crippen molar-refractivity contribution in [2.24, 2.45) is 11.5 Å². The van der Waals surface area contributed by atoms with Crippen molar-refractivity contribution >= 4 is 12.4 Å². The van der Waals surface area contributed by atoms with Crippen LogP contribution in [-0.2, 0) is 21.1 Å². The molecule has 0 saturated carbocycles. The van der Waals surface area contributed by atoms with Gasteiger partial charge in [-0.1, -0.05) is 12.8 Å². The zero-order valence-corrected chi connectivity index (χ0v) is 14.2. The van der Waals surface area contributed by atoms with Crippen molar-refractivity contribution in [3.8, 4) is 0 Å². The van der Waals surface area contributed by atoms with E-state index in [1.165, 1.54) is 25.7 Å². The van der Waals surface area contributed by atoms with Gasteiger partial charge in [-0.25, -0.2) is 0 Å². The molecule has 0 spiro atoms. The second-order valence-electron chi connectivity index (χ2n) is 3.49. The summed E-state index contributed by atoms with van der Waals surface area (Å²) < 4.78 is 0. The van der Waals surface area contributed by atoms with Crippen molar-refractivity contribution in [1.29, 1.82) is 0 Å². The van der Waals surface area contributed by atoms with E-state index >= 15 is 0 Å². The Bertz CT molecular complexity index is 100. The molecule has 0 amide bonds. The van der Waals surface area contributed by atoms with Crippen LogP contribution in [0.25, 0.3) is 0 Å². The summed E-state index contributed by atoms with van der Waals surface area (Å²) in [5.41, 5.74) is 10.7. The molecule has 4 nitrogen and oxygen atoms in total. The van der Waals surface area contributed by atoms with E-state index in [2.05, 4.69) is 10.6 Å². The van der Waals surface area contributed by atoms with Gasteiger partial charge in [-0.3, -0.25) is 0 Å². The summed E-state index contributed by atoms with van der Waals surface area (Å²) in [6, 6.07) is 0. The summed E-state index contributed by atoms with van der Waals surface area (Å²) in [5, 5.41) is 6.58. The molecule has 17 heavy (non-hydrogen) atoms. The molecule has 0 saturated heterocycles. The molecule has 6 N–H and O–H groups in total. The average Bonchev–Trinajstić information content (AvgIpc) is 2.21. The molecule has 0 aliphatic heterocycles. The summed E-state index contributed by atoms with van der Waals surface area (Å²) in [5.74, 6) is 0. The topological polar surface area (TPSA) is 76.1 Å². The quantitative estimate of drug-likeness (QED) is 0.245. The normalized spacial score (nSPS) is 8.82. The average molecular weight is 469 g/mol. The molecule has 0 aromatic carbocycles. The Morgan fingerprint density at radius 2 is 1.00 bits per heavy atom. The van der Waals surface area contributed by atoms with E-state index in [0.717, 1.165) is 39.3 Å². The molecule has 0 aromatic heterocycles. The first-order valence-corrected chi connectivity index (χ1v) is 5.73. The van der Waals surface area contributed by atoms with Gasteiger partial charge in [0, 0.05) is 26.2 Å². The van der Waals surface area contributed by atoms with Gasteiger partial charge in [0.05, 0.1) is 0 Å². The molecule has 7 heteroatoms. The fourth-order valence-electron chi connectivity index (χ4n) is 1.31. The van der Waals surface area contributed by atoms with Gasteiger partial charge in [-0.05, 0) is 25.9 Å². The second-order valence-corrected chi connectivity index (χ2v) is 3.49. The van der Waals surface area contributed by atoms with Crippen molar-refractivity contribution in [2.45, 2.75) is 25.7 Å². The van der Waals surface area contributed by atoms with Crippen LogP contribution in [0.1, 0.15) is 25.7 Å². The first-order chi connectivity index (χ1) is 6.91. The molecule has 0 fully saturated rings. The van der Waals surface area contributed by atoms with Crippen LogP contribution in [-0.4, -0.2) is 39.3 Å². The third-order valence-corrected chi connectivity index (χ3v) is 2.10. The number of nitrogens with two attached hydrogens (primary N) is 2.